The molecule has 8 heteroatoms. The molecule has 1 amide bonds. The van der Waals surface area contributed by atoms with Crippen molar-refractivity contribution in [2.24, 2.45) is 0 Å². The summed E-state index contributed by atoms with van der Waals surface area (Å²) in [5.74, 6) is 0.540. The van der Waals surface area contributed by atoms with Crippen molar-refractivity contribution in [1.29, 1.82) is 0 Å². The Bertz CT molecular complexity index is 666. The summed E-state index contributed by atoms with van der Waals surface area (Å²) in [5, 5.41) is 4.81. The second kappa shape index (κ2) is 6.21. The van der Waals surface area contributed by atoms with Crippen molar-refractivity contribution in [3.8, 4) is 0 Å². The number of hydrogen-bond acceptors (Lipinski definition) is 7. The van der Waals surface area contributed by atoms with Gasteiger partial charge in [0, 0.05) is 30.9 Å². The number of thiazole rings is 1. The van der Waals surface area contributed by atoms with Crippen molar-refractivity contribution in [1.82, 2.24) is 20.3 Å². The SMILES string of the molecule is O=C(N[C@@H]1CN(c2ncccn2)[C@@H]2CCCO[C@@H]21)c1cscn1. The third kappa shape index (κ3) is 2.79. The van der Waals surface area contributed by atoms with Crippen molar-refractivity contribution in [2.75, 3.05) is 18.1 Å². The molecule has 2 aliphatic heterocycles. The maximum Gasteiger partial charge on any atom is 0.271 e. The van der Waals surface area contributed by atoms with Crippen LogP contribution >= 0.6 is 11.3 Å². The van der Waals surface area contributed by atoms with Gasteiger partial charge in [-0.3, -0.25) is 4.79 Å². The number of carbonyl (C=O) groups is 1. The van der Waals surface area contributed by atoms with Crippen LogP contribution in [-0.4, -0.2) is 52.2 Å². The summed E-state index contributed by atoms with van der Waals surface area (Å²) in [5.41, 5.74) is 2.12. The highest BCUT2D eigenvalue weighted by Crippen LogP contribution is 2.31. The summed E-state index contributed by atoms with van der Waals surface area (Å²) in [6, 6.07) is 1.92. The van der Waals surface area contributed by atoms with Crippen LogP contribution in [0.15, 0.2) is 29.4 Å². The molecule has 3 atom stereocenters. The van der Waals surface area contributed by atoms with Gasteiger partial charge in [0.25, 0.3) is 5.91 Å². The van der Waals surface area contributed by atoms with Gasteiger partial charge in [0.15, 0.2) is 0 Å². The second-order valence-electron chi connectivity index (χ2n) is 5.70. The number of rotatable bonds is 3. The zero-order valence-corrected chi connectivity index (χ0v) is 13.3. The minimum Gasteiger partial charge on any atom is -0.374 e. The molecular weight excluding hydrogens is 314 g/mol. The van der Waals surface area contributed by atoms with Crippen LogP contribution in [0, 0.1) is 0 Å². The van der Waals surface area contributed by atoms with Gasteiger partial charge < -0.3 is 15.0 Å². The molecule has 2 fully saturated rings. The number of nitrogens with one attached hydrogen (secondary N) is 1. The Kier molecular flexibility index (Phi) is 3.92. The molecule has 0 saturated carbocycles. The van der Waals surface area contributed by atoms with Crippen molar-refractivity contribution >= 4 is 23.2 Å². The van der Waals surface area contributed by atoms with E-state index in [1.165, 1.54) is 11.3 Å². The van der Waals surface area contributed by atoms with Gasteiger partial charge in [-0.2, -0.15) is 0 Å². The first kappa shape index (κ1) is 14.5. The summed E-state index contributed by atoms with van der Waals surface area (Å²) >= 11 is 1.41. The number of fused-ring (bicyclic) bond motifs is 1. The van der Waals surface area contributed by atoms with Gasteiger partial charge in [-0.15, -0.1) is 11.3 Å². The van der Waals surface area contributed by atoms with E-state index in [0.717, 1.165) is 19.4 Å². The van der Waals surface area contributed by atoms with Gasteiger partial charge in [-0.1, -0.05) is 0 Å². The van der Waals surface area contributed by atoms with E-state index in [9.17, 15) is 4.79 Å². The van der Waals surface area contributed by atoms with Crippen LogP contribution in [0.3, 0.4) is 0 Å². The fourth-order valence-corrected chi connectivity index (χ4v) is 3.85. The summed E-state index contributed by atoms with van der Waals surface area (Å²) in [6.45, 7) is 1.38. The van der Waals surface area contributed by atoms with E-state index >= 15 is 0 Å². The van der Waals surface area contributed by atoms with E-state index in [-0.39, 0.29) is 24.1 Å². The number of aromatic nitrogens is 3. The first-order chi connectivity index (χ1) is 11.3. The molecule has 0 aliphatic carbocycles. The van der Waals surface area contributed by atoms with Gasteiger partial charge in [0.05, 0.1) is 23.7 Å². The Hall–Kier alpha value is -2.06. The third-order valence-corrected chi connectivity index (χ3v) is 4.90. The predicted octanol–water partition coefficient (Wildman–Crippen LogP) is 1.10. The second-order valence-corrected chi connectivity index (χ2v) is 6.42. The molecule has 4 heterocycles. The normalized spacial score (nSPS) is 26.8. The topological polar surface area (TPSA) is 80.2 Å². The Morgan fingerprint density at radius 2 is 2.22 bits per heavy atom. The van der Waals surface area contributed by atoms with Gasteiger partial charge in [-0.05, 0) is 18.9 Å². The van der Waals surface area contributed by atoms with Crippen molar-refractivity contribution in [3.63, 3.8) is 0 Å². The van der Waals surface area contributed by atoms with Gasteiger partial charge in [0.2, 0.25) is 5.95 Å². The summed E-state index contributed by atoms with van der Waals surface area (Å²) < 4.78 is 5.95. The highest BCUT2D eigenvalue weighted by molar-refractivity contribution is 7.07. The van der Waals surface area contributed by atoms with Crippen molar-refractivity contribution in [3.05, 3.63) is 35.0 Å². The van der Waals surface area contributed by atoms with E-state index in [1.807, 2.05) is 0 Å². The summed E-state index contributed by atoms with van der Waals surface area (Å²) in [4.78, 5) is 27.2. The average Bonchev–Trinajstić information content (AvgIpc) is 3.24. The predicted molar refractivity (Wildman–Crippen MR) is 85.5 cm³/mol. The number of carbonyl (C=O) groups excluding carboxylic acids is 1. The first-order valence-corrected chi connectivity index (χ1v) is 8.61. The fourth-order valence-electron chi connectivity index (χ4n) is 3.32. The Balaban J connectivity index is 1.54. The molecule has 0 spiro atoms. The zero-order valence-electron chi connectivity index (χ0n) is 12.5. The number of anilines is 1. The highest BCUT2D eigenvalue weighted by atomic mass is 32.1. The molecular formula is C15H17N5O2S. The standard InChI is InChI=1S/C15H17N5O2S/c21-14(11-8-23-9-18-11)19-10-7-20(15-16-4-2-5-17-15)12-3-1-6-22-13(10)12/h2,4-5,8-10,12-13H,1,3,6-7H2,(H,19,21)/t10-,12-,13-/m1/s1. The van der Waals surface area contributed by atoms with E-state index < -0.39 is 0 Å². The molecule has 4 rings (SSSR count). The van der Waals surface area contributed by atoms with Gasteiger partial charge in [-0.25, -0.2) is 15.0 Å². The number of nitrogens with zero attached hydrogens (tertiary/aromatic N) is 4. The maximum atomic E-state index is 12.3. The lowest BCUT2D eigenvalue weighted by Gasteiger charge is -2.32. The summed E-state index contributed by atoms with van der Waals surface area (Å²) in [7, 11) is 0. The summed E-state index contributed by atoms with van der Waals surface area (Å²) in [6.07, 6.45) is 5.48. The largest absolute Gasteiger partial charge is 0.374 e. The lowest BCUT2D eigenvalue weighted by Crippen LogP contribution is -2.47. The molecule has 1 N–H and O–H groups in total. The molecule has 2 aromatic rings. The molecule has 0 bridgehead atoms. The molecule has 0 unspecified atom stereocenters. The van der Waals surface area contributed by atoms with Crippen LogP contribution in [0.25, 0.3) is 0 Å². The fraction of sp³-hybridized carbons (Fsp3) is 0.467. The molecule has 2 aromatic heterocycles. The van der Waals surface area contributed by atoms with Crippen LogP contribution < -0.4 is 10.2 Å². The van der Waals surface area contributed by atoms with Gasteiger partial charge >= 0.3 is 0 Å². The number of amides is 1. The van der Waals surface area contributed by atoms with E-state index in [2.05, 4.69) is 25.2 Å². The number of hydrogen-bond donors (Lipinski definition) is 1. The molecule has 120 valence electrons. The minimum atomic E-state index is -0.153. The van der Waals surface area contributed by atoms with Crippen molar-refractivity contribution in [2.45, 2.75) is 31.0 Å². The molecule has 7 nitrogen and oxygen atoms in total. The molecule has 2 saturated heterocycles. The highest BCUT2D eigenvalue weighted by Gasteiger charge is 2.45. The zero-order chi connectivity index (χ0) is 15.6. The van der Waals surface area contributed by atoms with E-state index in [0.29, 0.717) is 18.2 Å². The van der Waals surface area contributed by atoms with E-state index in [4.69, 9.17) is 4.74 Å². The monoisotopic (exact) mass is 331 g/mol. The van der Waals surface area contributed by atoms with Crippen LogP contribution in [0.2, 0.25) is 0 Å². The van der Waals surface area contributed by atoms with Crippen molar-refractivity contribution < 1.29 is 9.53 Å². The van der Waals surface area contributed by atoms with Gasteiger partial charge in [0.1, 0.15) is 5.69 Å². The first-order valence-electron chi connectivity index (χ1n) is 7.67. The van der Waals surface area contributed by atoms with Crippen LogP contribution in [0.1, 0.15) is 23.3 Å². The Morgan fingerprint density at radius 1 is 1.35 bits per heavy atom. The molecule has 0 aromatic carbocycles. The molecule has 0 radical (unpaired) electrons. The maximum absolute atomic E-state index is 12.3. The Morgan fingerprint density at radius 3 is 3.00 bits per heavy atom. The van der Waals surface area contributed by atoms with Crippen LogP contribution in [0.5, 0.6) is 0 Å². The molecule has 23 heavy (non-hydrogen) atoms. The number of ether oxygens (including phenoxy) is 1. The lowest BCUT2D eigenvalue weighted by molar-refractivity contribution is 0.000598. The third-order valence-electron chi connectivity index (χ3n) is 4.31. The lowest BCUT2D eigenvalue weighted by atomic mass is 10.0. The smallest absolute Gasteiger partial charge is 0.271 e. The average molecular weight is 331 g/mol. The van der Waals surface area contributed by atoms with Crippen LogP contribution in [0.4, 0.5) is 5.95 Å². The van der Waals surface area contributed by atoms with Crippen LogP contribution in [-0.2, 0) is 4.74 Å². The quantitative estimate of drug-likeness (QED) is 0.907. The Labute approximate surface area is 137 Å². The molecule has 2 aliphatic rings. The van der Waals surface area contributed by atoms with E-state index in [1.54, 1.807) is 29.4 Å². The minimum absolute atomic E-state index is 0.0323.